The Labute approximate surface area is 123 Å². The van der Waals surface area contributed by atoms with Crippen molar-refractivity contribution in [3.8, 4) is 0 Å². The van der Waals surface area contributed by atoms with Crippen molar-refractivity contribution < 1.29 is 10.0 Å². The molecule has 0 aliphatic heterocycles. The van der Waals surface area contributed by atoms with Gasteiger partial charge in [0.05, 0.1) is 6.54 Å². The van der Waals surface area contributed by atoms with Crippen molar-refractivity contribution >= 4 is 23.1 Å². The Kier molecular flexibility index (Phi) is 6.44. The number of thiazole rings is 1. The number of nitrogens with two attached hydrogens (primary N) is 1. The van der Waals surface area contributed by atoms with Crippen LogP contribution in [0.2, 0.25) is 0 Å². The Hall–Kier alpha value is -1.63. The summed E-state index contributed by atoms with van der Waals surface area (Å²) in [6.07, 6.45) is 4.36. The van der Waals surface area contributed by atoms with Gasteiger partial charge in [-0.1, -0.05) is 31.8 Å². The zero-order chi connectivity index (χ0) is 15.0. The lowest BCUT2D eigenvalue weighted by atomic mass is 9.77. The fraction of sp³-hybridized carbons (Fsp3) is 0.615. The largest absolute Gasteiger partial charge is 0.409 e. The number of nitrogens with one attached hydrogen (secondary N) is 1. The molecule has 6 nitrogen and oxygen atoms in total. The Morgan fingerprint density at radius 2 is 2.15 bits per heavy atom. The van der Waals surface area contributed by atoms with E-state index in [-0.39, 0.29) is 11.7 Å². The number of oxime groups is 1. The topological polar surface area (TPSA) is 101 Å². The minimum Gasteiger partial charge on any atom is -0.409 e. The number of amidine groups is 1. The highest BCUT2D eigenvalue weighted by Crippen LogP contribution is 2.31. The van der Waals surface area contributed by atoms with Gasteiger partial charge < -0.3 is 16.3 Å². The Bertz CT molecular complexity index is 439. The average molecular weight is 298 g/mol. The third-order valence-electron chi connectivity index (χ3n) is 3.27. The summed E-state index contributed by atoms with van der Waals surface area (Å²) in [5.41, 5.74) is 4.87. The SMILES string of the molecule is CCCC(CCC)(C(=O)NCc1nccs1)C(N)=NO. The van der Waals surface area contributed by atoms with Gasteiger partial charge in [0.25, 0.3) is 0 Å². The lowest BCUT2D eigenvalue weighted by Gasteiger charge is -2.30. The average Bonchev–Trinajstić information content (AvgIpc) is 2.96. The predicted octanol–water partition coefficient (Wildman–Crippen LogP) is 2.09. The molecule has 0 fully saturated rings. The molecule has 1 amide bonds. The van der Waals surface area contributed by atoms with Gasteiger partial charge in [0, 0.05) is 11.6 Å². The highest BCUT2D eigenvalue weighted by molar-refractivity contribution is 7.09. The van der Waals surface area contributed by atoms with Crippen LogP contribution >= 0.6 is 11.3 Å². The number of carbonyl (C=O) groups excluding carboxylic acids is 1. The maximum atomic E-state index is 12.5. The monoisotopic (exact) mass is 298 g/mol. The van der Waals surface area contributed by atoms with Crippen LogP contribution in [0.25, 0.3) is 0 Å². The van der Waals surface area contributed by atoms with Gasteiger partial charge in [-0.15, -0.1) is 11.3 Å². The molecule has 0 radical (unpaired) electrons. The molecule has 1 aromatic heterocycles. The molecule has 0 saturated carbocycles. The lowest BCUT2D eigenvalue weighted by molar-refractivity contribution is -0.128. The van der Waals surface area contributed by atoms with E-state index >= 15 is 0 Å². The van der Waals surface area contributed by atoms with Crippen molar-refractivity contribution in [2.24, 2.45) is 16.3 Å². The molecule has 0 bridgehead atoms. The van der Waals surface area contributed by atoms with Crippen LogP contribution in [-0.2, 0) is 11.3 Å². The maximum Gasteiger partial charge on any atom is 0.234 e. The normalized spacial score (nSPS) is 12.4. The van der Waals surface area contributed by atoms with Crippen LogP contribution in [0.1, 0.15) is 44.5 Å². The second kappa shape index (κ2) is 7.84. The van der Waals surface area contributed by atoms with Gasteiger partial charge in [-0.25, -0.2) is 4.98 Å². The summed E-state index contributed by atoms with van der Waals surface area (Å²) in [7, 11) is 0. The quantitative estimate of drug-likeness (QED) is 0.296. The second-order valence-corrected chi connectivity index (χ2v) is 5.65. The summed E-state index contributed by atoms with van der Waals surface area (Å²) >= 11 is 1.48. The van der Waals surface area contributed by atoms with Gasteiger partial charge >= 0.3 is 0 Å². The number of hydrogen-bond donors (Lipinski definition) is 3. The smallest absolute Gasteiger partial charge is 0.234 e. The third-order valence-corrected chi connectivity index (χ3v) is 4.05. The molecular weight excluding hydrogens is 276 g/mol. The second-order valence-electron chi connectivity index (χ2n) is 4.68. The molecule has 0 atom stereocenters. The number of hydrogen-bond acceptors (Lipinski definition) is 5. The van der Waals surface area contributed by atoms with E-state index in [1.54, 1.807) is 6.20 Å². The van der Waals surface area contributed by atoms with E-state index in [2.05, 4.69) is 15.5 Å². The predicted molar refractivity (Wildman–Crippen MR) is 79.6 cm³/mol. The number of rotatable bonds is 8. The summed E-state index contributed by atoms with van der Waals surface area (Å²) in [6.45, 7) is 4.32. The molecule has 1 rings (SSSR count). The van der Waals surface area contributed by atoms with Gasteiger partial charge in [0.15, 0.2) is 5.84 Å². The van der Waals surface area contributed by atoms with Crippen molar-refractivity contribution in [2.75, 3.05) is 0 Å². The highest BCUT2D eigenvalue weighted by Gasteiger charge is 2.41. The first-order valence-corrected chi connectivity index (χ1v) is 7.63. The summed E-state index contributed by atoms with van der Waals surface area (Å²) in [6, 6.07) is 0. The van der Waals surface area contributed by atoms with Crippen molar-refractivity contribution in [1.29, 1.82) is 0 Å². The Balaban J connectivity index is 2.87. The van der Waals surface area contributed by atoms with E-state index in [4.69, 9.17) is 10.9 Å². The molecule has 1 heterocycles. The fourth-order valence-corrected chi connectivity index (χ4v) is 2.90. The number of amides is 1. The zero-order valence-electron chi connectivity index (χ0n) is 11.9. The summed E-state index contributed by atoms with van der Waals surface area (Å²) < 4.78 is 0. The molecule has 0 aliphatic carbocycles. The van der Waals surface area contributed by atoms with Crippen molar-refractivity contribution in [3.63, 3.8) is 0 Å². The van der Waals surface area contributed by atoms with E-state index in [9.17, 15) is 4.79 Å². The van der Waals surface area contributed by atoms with E-state index in [0.29, 0.717) is 19.4 Å². The molecule has 4 N–H and O–H groups in total. The first-order chi connectivity index (χ1) is 9.60. The molecule has 1 aromatic rings. The van der Waals surface area contributed by atoms with Crippen LogP contribution in [-0.4, -0.2) is 21.9 Å². The highest BCUT2D eigenvalue weighted by atomic mass is 32.1. The first kappa shape index (κ1) is 16.4. The molecule has 112 valence electrons. The van der Waals surface area contributed by atoms with Gasteiger partial charge in [-0.05, 0) is 12.8 Å². The molecule has 0 spiro atoms. The molecular formula is C13H22N4O2S. The van der Waals surface area contributed by atoms with E-state index in [1.807, 2.05) is 19.2 Å². The minimum absolute atomic E-state index is 0.0159. The number of aromatic nitrogens is 1. The third kappa shape index (κ3) is 3.69. The Morgan fingerprint density at radius 3 is 2.60 bits per heavy atom. The summed E-state index contributed by atoms with van der Waals surface area (Å²) in [5, 5.41) is 17.6. The number of nitrogens with zero attached hydrogens (tertiary/aromatic N) is 2. The summed E-state index contributed by atoms with van der Waals surface area (Å²) in [4.78, 5) is 16.7. The molecule has 20 heavy (non-hydrogen) atoms. The maximum absolute atomic E-state index is 12.5. The summed E-state index contributed by atoms with van der Waals surface area (Å²) in [5.74, 6) is -0.218. The van der Waals surface area contributed by atoms with E-state index in [0.717, 1.165) is 17.8 Å². The van der Waals surface area contributed by atoms with Gasteiger partial charge in [-0.2, -0.15) is 0 Å². The minimum atomic E-state index is -0.935. The first-order valence-electron chi connectivity index (χ1n) is 6.75. The van der Waals surface area contributed by atoms with Crippen LogP contribution in [0.5, 0.6) is 0 Å². The molecule has 0 aliphatic rings. The van der Waals surface area contributed by atoms with Gasteiger partial charge in [0.2, 0.25) is 5.91 Å². The van der Waals surface area contributed by atoms with Crippen molar-refractivity contribution in [3.05, 3.63) is 16.6 Å². The van der Waals surface area contributed by atoms with Crippen molar-refractivity contribution in [1.82, 2.24) is 10.3 Å². The molecule has 0 saturated heterocycles. The van der Waals surface area contributed by atoms with Crippen LogP contribution in [0, 0.1) is 5.41 Å². The molecule has 0 unspecified atom stereocenters. The lowest BCUT2D eigenvalue weighted by Crippen LogP contribution is -2.49. The van der Waals surface area contributed by atoms with E-state index < -0.39 is 5.41 Å². The van der Waals surface area contributed by atoms with Crippen LogP contribution in [0.3, 0.4) is 0 Å². The zero-order valence-corrected chi connectivity index (χ0v) is 12.7. The molecule has 0 aromatic carbocycles. The van der Waals surface area contributed by atoms with Crippen molar-refractivity contribution in [2.45, 2.75) is 46.1 Å². The van der Waals surface area contributed by atoms with Gasteiger partial charge in [0.1, 0.15) is 10.4 Å². The van der Waals surface area contributed by atoms with Crippen LogP contribution in [0.15, 0.2) is 16.7 Å². The van der Waals surface area contributed by atoms with E-state index in [1.165, 1.54) is 11.3 Å². The Morgan fingerprint density at radius 1 is 1.50 bits per heavy atom. The van der Waals surface area contributed by atoms with Crippen LogP contribution < -0.4 is 11.1 Å². The standard InChI is InChI=1S/C13H22N4O2S/c1-3-5-13(6-4-2,11(14)17-19)12(18)16-9-10-15-7-8-20-10/h7-8,19H,3-6,9H2,1-2H3,(H2,14,17)(H,16,18). The molecule has 7 heteroatoms. The van der Waals surface area contributed by atoms with Crippen LogP contribution in [0.4, 0.5) is 0 Å². The fourth-order valence-electron chi connectivity index (χ4n) is 2.34. The van der Waals surface area contributed by atoms with Gasteiger partial charge in [-0.3, -0.25) is 4.79 Å². The number of carbonyl (C=O) groups is 1.